The van der Waals surface area contributed by atoms with E-state index in [-0.39, 0.29) is 35.6 Å². The Morgan fingerprint density at radius 2 is 1.48 bits per heavy atom. The van der Waals surface area contributed by atoms with Gasteiger partial charge in [-0.3, -0.25) is 9.59 Å². The molecule has 3 aliphatic rings. The van der Waals surface area contributed by atoms with Crippen LogP contribution >= 0.6 is 15.9 Å². The lowest BCUT2D eigenvalue weighted by atomic mass is 9.82. The smallest absolute Gasteiger partial charge is 0.223 e. The van der Waals surface area contributed by atoms with E-state index in [1.807, 2.05) is 0 Å². The van der Waals surface area contributed by atoms with Gasteiger partial charge in [0, 0.05) is 28.7 Å². The normalized spacial score (nSPS) is 36.3. The summed E-state index contributed by atoms with van der Waals surface area (Å²) in [5.41, 5.74) is 0. The molecule has 1 amide bonds. The van der Waals surface area contributed by atoms with Gasteiger partial charge in [-0.2, -0.15) is 0 Å². The van der Waals surface area contributed by atoms with E-state index >= 15 is 0 Å². The molecule has 0 saturated heterocycles. The molecule has 0 heterocycles. The van der Waals surface area contributed by atoms with Crippen molar-refractivity contribution in [3.8, 4) is 0 Å². The summed E-state index contributed by atoms with van der Waals surface area (Å²) in [7, 11) is -3.41. The summed E-state index contributed by atoms with van der Waals surface area (Å²) in [6.07, 6.45) is 9.74. The zero-order valence-electron chi connectivity index (χ0n) is 17.4. The predicted molar refractivity (Wildman–Crippen MR) is 117 cm³/mol. The van der Waals surface area contributed by atoms with Crippen LogP contribution in [0.3, 0.4) is 0 Å². The van der Waals surface area contributed by atoms with Gasteiger partial charge in [-0.15, -0.1) is 0 Å². The maximum absolute atomic E-state index is 12.9. The van der Waals surface area contributed by atoms with Crippen LogP contribution in [0.1, 0.15) is 84.0 Å². The fraction of sp³-hybridized carbons (Fsp3) is 0.905. The molecule has 6 nitrogen and oxygen atoms in total. The molecule has 0 aromatic carbocycles. The number of amides is 1. The minimum atomic E-state index is -3.41. The Bertz CT molecular complexity index is 691. The third-order valence-corrected chi connectivity index (χ3v) is 9.90. The summed E-state index contributed by atoms with van der Waals surface area (Å²) >= 11 is 3.61. The van der Waals surface area contributed by atoms with Crippen LogP contribution < -0.4 is 10.0 Å². The zero-order chi connectivity index (χ0) is 21.0. The number of sulfonamides is 1. The van der Waals surface area contributed by atoms with E-state index in [1.165, 1.54) is 0 Å². The van der Waals surface area contributed by atoms with Crippen molar-refractivity contribution in [1.29, 1.82) is 0 Å². The minimum Gasteiger partial charge on any atom is -0.353 e. The van der Waals surface area contributed by atoms with E-state index in [0.29, 0.717) is 24.1 Å². The monoisotopic (exact) mass is 490 g/mol. The number of Topliss-reactive ketones (excluding diaryl/α,β-unsaturated/α-hetero) is 1. The van der Waals surface area contributed by atoms with Crippen LogP contribution in [-0.4, -0.2) is 42.3 Å². The van der Waals surface area contributed by atoms with Crippen molar-refractivity contribution in [2.24, 2.45) is 11.8 Å². The maximum Gasteiger partial charge on any atom is 0.223 e. The number of nitrogens with one attached hydrogen (secondary N) is 2. The highest BCUT2D eigenvalue weighted by Gasteiger charge is 2.37. The molecule has 0 aromatic rings. The van der Waals surface area contributed by atoms with Crippen molar-refractivity contribution >= 4 is 37.6 Å². The van der Waals surface area contributed by atoms with E-state index in [1.54, 1.807) is 6.92 Å². The van der Waals surface area contributed by atoms with Crippen LogP contribution in [-0.2, 0) is 19.6 Å². The predicted octanol–water partition coefficient (Wildman–Crippen LogP) is 3.43. The molecule has 0 bridgehead atoms. The van der Waals surface area contributed by atoms with E-state index < -0.39 is 15.3 Å². The third-order valence-electron chi connectivity index (χ3n) is 7.02. The Labute approximate surface area is 183 Å². The molecule has 166 valence electrons. The van der Waals surface area contributed by atoms with Gasteiger partial charge in [-0.25, -0.2) is 13.1 Å². The van der Waals surface area contributed by atoms with Crippen molar-refractivity contribution < 1.29 is 18.0 Å². The Hall–Kier alpha value is -0.470. The maximum atomic E-state index is 12.9. The second kappa shape index (κ2) is 10.2. The molecule has 0 spiro atoms. The molecule has 3 saturated carbocycles. The summed E-state index contributed by atoms with van der Waals surface area (Å²) < 4.78 is 28.8. The van der Waals surface area contributed by atoms with Gasteiger partial charge in [-0.05, 0) is 71.1 Å². The van der Waals surface area contributed by atoms with Crippen molar-refractivity contribution in [3.63, 3.8) is 0 Å². The molecule has 2 N–H and O–H groups in total. The number of carbonyl (C=O) groups is 2. The largest absolute Gasteiger partial charge is 0.353 e. The van der Waals surface area contributed by atoms with Gasteiger partial charge in [0.1, 0.15) is 5.78 Å². The van der Waals surface area contributed by atoms with Gasteiger partial charge in [0.2, 0.25) is 15.9 Å². The highest BCUT2D eigenvalue weighted by Crippen LogP contribution is 2.31. The van der Waals surface area contributed by atoms with Crippen molar-refractivity contribution in [2.45, 2.75) is 106 Å². The van der Waals surface area contributed by atoms with Gasteiger partial charge in [0.05, 0.1) is 5.25 Å². The van der Waals surface area contributed by atoms with Gasteiger partial charge in [0.25, 0.3) is 0 Å². The highest BCUT2D eigenvalue weighted by atomic mass is 79.9. The second-order valence-electron chi connectivity index (χ2n) is 9.28. The van der Waals surface area contributed by atoms with E-state index in [9.17, 15) is 18.0 Å². The second-order valence-corrected chi connectivity index (χ2v) is 12.6. The number of ketones is 1. The topological polar surface area (TPSA) is 92.3 Å². The van der Waals surface area contributed by atoms with E-state index in [2.05, 4.69) is 26.0 Å². The van der Waals surface area contributed by atoms with Gasteiger partial charge in [-0.1, -0.05) is 28.8 Å². The quantitative estimate of drug-likeness (QED) is 0.557. The third kappa shape index (κ3) is 6.50. The molecular formula is C21H35BrN2O4S. The average molecular weight is 491 g/mol. The van der Waals surface area contributed by atoms with E-state index in [4.69, 9.17) is 0 Å². The Balaban J connectivity index is 1.52. The first-order valence-electron chi connectivity index (χ1n) is 11.2. The first-order valence-corrected chi connectivity index (χ1v) is 13.7. The molecule has 4 unspecified atom stereocenters. The molecule has 0 aliphatic heterocycles. The highest BCUT2D eigenvalue weighted by molar-refractivity contribution is 9.09. The number of hydrogen-bond acceptors (Lipinski definition) is 4. The molecule has 3 aliphatic carbocycles. The van der Waals surface area contributed by atoms with Gasteiger partial charge < -0.3 is 5.32 Å². The molecule has 3 rings (SSSR count). The summed E-state index contributed by atoms with van der Waals surface area (Å²) in [5.74, 6) is -0.0275. The van der Waals surface area contributed by atoms with Crippen LogP contribution in [0.4, 0.5) is 0 Å². The Morgan fingerprint density at radius 3 is 2.17 bits per heavy atom. The number of halogens is 1. The number of alkyl halides is 1. The molecule has 0 radical (unpaired) electrons. The van der Waals surface area contributed by atoms with Gasteiger partial charge in [0.15, 0.2) is 0 Å². The average Bonchev–Trinajstić information content (AvgIpc) is 2.70. The van der Waals surface area contributed by atoms with Crippen LogP contribution in [0.5, 0.6) is 0 Å². The fourth-order valence-electron chi connectivity index (χ4n) is 5.17. The molecule has 4 atom stereocenters. The van der Waals surface area contributed by atoms with Crippen molar-refractivity contribution in [1.82, 2.24) is 10.0 Å². The molecule has 29 heavy (non-hydrogen) atoms. The fourth-order valence-corrected chi connectivity index (χ4v) is 7.56. The van der Waals surface area contributed by atoms with Crippen molar-refractivity contribution in [2.75, 3.05) is 0 Å². The van der Waals surface area contributed by atoms with Crippen LogP contribution in [0.25, 0.3) is 0 Å². The Morgan fingerprint density at radius 1 is 0.828 bits per heavy atom. The number of rotatable bonds is 6. The van der Waals surface area contributed by atoms with Crippen LogP contribution in [0.2, 0.25) is 0 Å². The lowest BCUT2D eigenvalue weighted by Gasteiger charge is -2.33. The van der Waals surface area contributed by atoms with Crippen LogP contribution in [0, 0.1) is 11.8 Å². The first kappa shape index (κ1) is 23.2. The summed E-state index contributed by atoms with van der Waals surface area (Å²) in [6, 6.07) is 0.0634. The summed E-state index contributed by atoms with van der Waals surface area (Å²) in [4.78, 5) is 25.0. The zero-order valence-corrected chi connectivity index (χ0v) is 19.8. The summed E-state index contributed by atoms with van der Waals surface area (Å²) in [6.45, 7) is 1.63. The lowest BCUT2D eigenvalue weighted by Crippen LogP contribution is -2.47. The van der Waals surface area contributed by atoms with Crippen molar-refractivity contribution in [3.05, 3.63) is 0 Å². The lowest BCUT2D eigenvalue weighted by molar-refractivity contribution is -0.128. The summed E-state index contributed by atoms with van der Waals surface area (Å²) in [5, 5.41) is 2.64. The molecule has 8 heteroatoms. The number of carbonyl (C=O) groups excluding carboxylic acids is 2. The number of hydrogen-bond donors (Lipinski definition) is 2. The Kier molecular flexibility index (Phi) is 8.18. The van der Waals surface area contributed by atoms with Gasteiger partial charge >= 0.3 is 0 Å². The van der Waals surface area contributed by atoms with Crippen LogP contribution in [0.15, 0.2) is 0 Å². The first-order chi connectivity index (χ1) is 13.7. The molecular weight excluding hydrogens is 456 g/mol. The van der Waals surface area contributed by atoms with E-state index in [0.717, 1.165) is 57.8 Å². The molecule has 0 aromatic heterocycles. The SMILES string of the molecule is CC(=O)C1CCCC(NC(=O)C2CCCC(S(=O)(=O)NC3CCC(Br)CC3)C2)C1. The standard InChI is InChI=1S/C21H35BrN2O4S/c1-14(25)15-4-2-6-19(12-15)23-21(26)16-5-3-7-20(13-16)29(27,28)24-18-10-8-17(22)9-11-18/h15-20,24H,2-13H2,1H3,(H,23,26). The minimum absolute atomic E-state index is 0.0220. The molecule has 3 fully saturated rings.